The molecule has 3 amide bonds. The summed E-state index contributed by atoms with van der Waals surface area (Å²) in [6.07, 6.45) is -0.658. The highest BCUT2D eigenvalue weighted by Crippen LogP contribution is 2.22. The summed E-state index contributed by atoms with van der Waals surface area (Å²) in [4.78, 5) is 36.9. The van der Waals surface area contributed by atoms with E-state index in [-0.39, 0.29) is 18.9 Å². The highest BCUT2D eigenvalue weighted by Gasteiger charge is 2.29. The Morgan fingerprint density at radius 3 is 2.29 bits per heavy atom. The molecule has 0 saturated heterocycles. The normalized spacial score (nSPS) is 12.7. The van der Waals surface area contributed by atoms with E-state index in [2.05, 4.69) is 10.6 Å². The Labute approximate surface area is 191 Å². The Hall–Kier alpha value is -2.77. The first-order valence-electron chi connectivity index (χ1n) is 9.68. The molecule has 0 aliphatic rings. The molecule has 0 saturated carbocycles. The van der Waals surface area contributed by atoms with Crippen molar-refractivity contribution in [2.45, 2.75) is 39.0 Å². The molecule has 9 heteroatoms. The molecule has 0 aromatic heterocycles. The predicted molar refractivity (Wildman–Crippen MR) is 120 cm³/mol. The number of nitrogens with two attached hydrogens (primary N) is 1. The minimum atomic E-state index is -1.02. The number of benzene rings is 2. The number of carbonyl (C=O) groups is 3. The largest absolute Gasteiger partial charge is 0.445 e. The molecule has 0 bridgehead atoms. The molecule has 2 atom stereocenters. The summed E-state index contributed by atoms with van der Waals surface area (Å²) in [7, 11) is 0. The number of halogens is 2. The maximum absolute atomic E-state index is 12.8. The van der Waals surface area contributed by atoms with Gasteiger partial charge in [-0.15, -0.1) is 0 Å². The Morgan fingerprint density at radius 2 is 1.71 bits per heavy atom. The highest BCUT2D eigenvalue weighted by molar-refractivity contribution is 6.35. The van der Waals surface area contributed by atoms with Crippen LogP contribution < -0.4 is 16.4 Å². The van der Waals surface area contributed by atoms with Crippen LogP contribution in [0.5, 0.6) is 0 Å². The van der Waals surface area contributed by atoms with E-state index < -0.39 is 30.0 Å². The van der Waals surface area contributed by atoms with Gasteiger partial charge in [-0.25, -0.2) is 4.79 Å². The van der Waals surface area contributed by atoms with Crippen molar-refractivity contribution in [2.24, 2.45) is 11.7 Å². The minimum Gasteiger partial charge on any atom is -0.445 e. The van der Waals surface area contributed by atoms with Gasteiger partial charge in [0, 0.05) is 16.5 Å². The maximum atomic E-state index is 12.8. The van der Waals surface area contributed by atoms with Gasteiger partial charge in [0.2, 0.25) is 11.8 Å². The number of ether oxygens (including phenoxy) is 1. The molecule has 7 nitrogen and oxygen atoms in total. The lowest BCUT2D eigenvalue weighted by Gasteiger charge is -2.24. The fourth-order valence-corrected chi connectivity index (χ4v) is 3.30. The van der Waals surface area contributed by atoms with E-state index in [0.717, 1.165) is 5.56 Å². The van der Waals surface area contributed by atoms with Gasteiger partial charge in [0.1, 0.15) is 18.7 Å². The minimum absolute atomic E-state index is 0.0675. The second-order valence-corrected chi connectivity index (χ2v) is 8.17. The van der Waals surface area contributed by atoms with Crippen LogP contribution in [0.25, 0.3) is 0 Å². The van der Waals surface area contributed by atoms with Crippen molar-refractivity contribution in [1.29, 1.82) is 0 Å². The van der Waals surface area contributed by atoms with Crippen molar-refractivity contribution in [3.8, 4) is 0 Å². The van der Waals surface area contributed by atoms with Gasteiger partial charge in [0.25, 0.3) is 0 Å². The summed E-state index contributed by atoms with van der Waals surface area (Å²) in [5.74, 6) is -1.55. The number of nitrogens with one attached hydrogen (secondary N) is 2. The summed E-state index contributed by atoms with van der Waals surface area (Å²) >= 11 is 12.1. The number of hydrogen-bond acceptors (Lipinski definition) is 4. The third-order valence-electron chi connectivity index (χ3n) is 4.53. The second kappa shape index (κ2) is 11.6. The molecule has 2 rings (SSSR count). The zero-order valence-electron chi connectivity index (χ0n) is 17.2. The Bertz CT molecular complexity index is 922. The quantitative estimate of drug-likeness (QED) is 0.526. The fourth-order valence-electron chi connectivity index (χ4n) is 2.82. The predicted octanol–water partition coefficient (Wildman–Crippen LogP) is 3.46. The van der Waals surface area contributed by atoms with Gasteiger partial charge < -0.3 is 21.1 Å². The van der Waals surface area contributed by atoms with Gasteiger partial charge in [0.15, 0.2) is 0 Å². The standard InChI is InChI=1S/C22H25Cl2N3O4/c1-13(2)19(27-22(30)31-12-14-6-4-3-5-7-14)21(29)26-18(20(25)28)10-15-8-9-16(23)11-17(15)24/h3-9,11,13,18-19H,10,12H2,1-2H3,(H2,25,28)(H,26,29)(H,27,30)/t18-,19+/m0/s1. The third-order valence-corrected chi connectivity index (χ3v) is 5.12. The Balaban J connectivity index is 2.01. The van der Waals surface area contributed by atoms with E-state index in [1.165, 1.54) is 0 Å². The molecular formula is C22H25Cl2N3O4. The molecule has 4 N–H and O–H groups in total. The van der Waals surface area contributed by atoms with Crippen LogP contribution in [-0.4, -0.2) is 30.0 Å². The molecule has 2 aromatic rings. The first-order chi connectivity index (χ1) is 14.7. The smallest absolute Gasteiger partial charge is 0.408 e. The number of carbonyl (C=O) groups excluding carboxylic acids is 3. The monoisotopic (exact) mass is 465 g/mol. The molecule has 0 aliphatic carbocycles. The number of amides is 3. The maximum Gasteiger partial charge on any atom is 0.408 e. The molecule has 0 aliphatic heterocycles. The van der Waals surface area contributed by atoms with Crippen LogP contribution >= 0.6 is 23.2 Å². The van der Waals surface area contributed by atoms with Crippen molar-refractivity contribution < 1.29 is 19.1 Å². The number of primary amides is 1. The first-order valence-corrected chi connectivity index (χ1v) is 10.4. The van der Waals surface area contributed by atoms with Crippen molar-refractivity contribution in [3.63, 3.8) is 0 Å². The van der Waals surface area contributed by atoms with E-state index in [1.807, 2.05) is 30.3 Å². The summed E-state index contributed by atoms with van der Waals surface area (Å²) < 4.78 is 5.18. The number of hydrogen-bond donors (Lipinski definition) is 3. The van der Waals surface area contributed by atoms with Crippen molar-refractivity contribution in [1.82, 2.24) is 10.6 Å². The van der Waals surface area contributed by atoms with Crippen molar-refractivity contribution in [2.75, 3.05) is 0 Å². The topological polar surface area (TPSA) is 111 Å². The van der Waals surface area contributed by atoms with Crippen LogP contribution in [0.3, 0.4) is 0 Å². The molecule has 0 fully saturated rings. The third kappa shape index (κ3) is 7.77. The van der Waals surface area contributed by atoms with Crippen LogP contribution in [0.4, 0.5) is 4.79 Å². The van der Waals surface area contributed by atoms with Gasteiger partial charge >= 0.3 is 6.09 Å². The lowest BCUT2D eigenvalue weighted by molar-refractivity contribution is -0.129. The average molecular weight is 466 g/mol. The van der Waals surface area contributed by atoms with Gasteiger partial charge in [-0.05, 0) is 29.2 Å². The average Bonchev–Trinajstić information content (AvgIpc) is 2.72. The van der Waals surface area contributed by atoms with E-state index >= 15 is 0 Å². The molecule has 0 heterocycles. The van der Waals surface area contributed by atoms with Gasteiger partial charge in [0.05, 0.1) is 0 Å². The fraction of sp³-hybridized carbons (Fsp3) is 0.318. The molecule has 166 valence electrons. The molecule has 0 radical (unpaired) electrons. The summed E-state index contributed by atoms with van der Waals surface area (Å²) in [5.41, 5.74) is 6.89. The van der Waals surface area contributed by atoms with Gasteiger partial charge in [-0.1, -0.05) is 73.4 Å². The lowest BCUT2D eigenvalue weighted by atomic mass is 10.0. The summed E-state index contributed by atoms with van der Waals surface area (Å²) in [6.45, 7) is 3.59. The second-order valence-electron chi connectivity index (χ2n) is 7.33. The first kappa shape index (κ1) is 24.5. The van der Waals surface area contributed by atoms with Crippen LogP contribution in [0, 0.1) is 5.92 Å². The molecule has 0 spiro atoms. The van der Waals surface area contributed by atoms with Crippen LogP contribution in [0.15, 0.2) is 48.5 Å². The number of rotatable bonds is 9. The van der Waals surface area contributed by atoms with Gasteiger partial charge in [-0.2, -0.15) is 0 Å². The molecular weight excluding hydrogens is 441 g/mol. The summed E-state index contributed by atoms with van der Waals surface area (Å²) in [6, 6.07) is 12.0. The van der Waals surface area contributed by atoms with E-state index in [9.17, 15) is 14.4 Å². The Morgan fingerprint density at radius 1 is 1.03 bits per heavy atom. The van der Waals surface area contributed by atoms with Crippen molar-refractivity contribution >= 4 is 41.1 Å². The highest BCUT2D eigenvalue weighted by atomic mass is 35.5. The summed E-state index contributed by atoms with van der Waals surface area (Å²) in [5, 5.41) is 5.94. The van der Waals surface area contributed by atoms with Gasteiger partial charge in [-0.3, -0.25) is 9.59 Å². The van der Waals surface area contributed by atoms with Crippen molar-refractivity contribution in [3.05, 3.63) is 69.7 Å². The van der Waals surface area contributed by atoms with E-state index in [0.29, 0.717) is 15.6 Å². The number of alkyl carbamates (subject to hydrolysis) is 1. The van der Waals surface area contributed by atoms with Crippen LogP contribution in [0.2, 0.25) is 10.0 Å². The zero-order valence-corrected chi connectivity index (χ0v) is 18.7. The molecule has 2 aromatic carbocycles. The SMILES string of the molecule is CC(C)[C@@H](NC(=O)OCc1ccccc1)C(=O)N[C@@H](Cc1ccc(Cl)cc1Cl)C(N)=O. The van der Waals surface area contributed by atoms with Crippen LogP contribution in [0.1, 0.15) is 25.0 Å². The molecule has 31 heavy (non-hydrogen) atoms. The Kier molecular flexibility index (Phi) is 9.15. The van der Waals surface area contributed by atoms with E-state index in [4.69, 9.17) is 33.7 Å². The molecule has 0 unspecified atom stereocenters. The van der Waals surface area contributed by atoms with E-state index in [1.54, 1.807) is 32.0 Å². The lowest BCUT2D eigenvalue weighted by Crippen LogP contribution is -2.55. The van der Waals surface area contributed by atoms with Crippen LogP contribution in [-0.2, 0) is 27.4 Å². The zero-order chi connectivity index (χ0) is 23.0.